The van der Waals surface area contributed by atoms with E-state index in [2.05, 4.69) is 20.3 Å². The van der Waals surface area contributed by atoms with E-state index in [1.54, 1.807) is 12.1 Å². The van der Waals surface area contributed by atoms with Crippen LogP contribution in [0.3, 0.4) is 0 Å². The van der Waals surface area contributed by atoms with Crippen LogP contribution in [0.1, 0.15) is 12.5 Å². The molecule has 1 aromatic heterocycles. The van der Waals surface area contributed by atoms with Crippen molar-refractivity contribution in [3.8, 4) is 0 Å². The standard InChI is InChI=1S/C13H16ClN5O3S/c1-4-15-12-16-11(14)17-13(18-12)19(22-3)23(20,21)10-7-5-9(2)6-8-10/h5-8H,4H2,1-3H3,(H,15,16,17,18). The fraction of sp³-hybridized carbons (Fsp3) is 0.308. The van der Waals surface area contributed by atoms with Crippen molar-refractivity contribution in [2.45, 2.75) is 18.7 Å². The monoisotopic (exact) mass is 357 g/mol. The van der Waals surface area contributed by atoms with Crippen molar-refractivity contribution < 1.29 is 13.3 Å². The van der Waals surface area contributed by atoms with Gasteiger partial charge in [-0.3, -0.25) is 4.84 Å². The molecule has 2 aromatic rings. The van der Waals surface area contributed by atoms with Gasteiger partial charge in [0, 0.05) is 6.54 Å². The first-order chi connectivity index (χ1) is 10.9. The van der Waals surface area contributed by atoms with Crippen LogP contribution in [-0.2, 0) is 14.9 Å². The predicted molar refractivity (Wildman–Crippen MR) is 86.9 cm³/mol. The fourth-order valence-electron chi connectivity index (χ4n) is 1.75. The summed E-state index contributed by atoms with van der Waals surface area (Å²) < 4.78 is 26.0. The molecule has 2 rings (SSSR count). The minimum atomic E-state index is -4.00. The molecular weight excluding hydrogens is 342 g/mol. The van der Waals surface area contributed by atoms with Gasteiger partial charge in [-0.25, -0.2) is 0 Å². The third-order valence-corrected chi connectivity index (χ3v) is 4.58. The highest BCUT2D eigenvalue weighted by atomic mass is 35.5. The molecule has 0 atom stereocenters. The maximum Gasteiger partial charge on any atom is 0.289 e. The number of rotatable bonds is 6. The van der Waals surface area contributed by atoms with E-state index in [-0.39, 0.29) is 22.1 Å². The van der Waals surface area contributed by atoms with Gasteiger partial charge >= 0.3 is 0 Å². The number of aromatic nitrogens is 3. The smallest absolute Gasteiger partial charge is 0.289 e. The molecule has 1 N–H and O–H groups in total. The maximum atomic E-state index is 12.7. The van der Waals surface area contributed by atoms with Gasteiger partial charge in [-0.05, 0) is 37.6 Å². The average Bonchev–Trinajstić information content (AvgIpc) is 2.48. The summed E-state index contributed by atoms with van der Waals surface area (Å²) in [5, 5.41) is 2.70. The van der Waals surface area contributed by atoms with Crippen LogP contribution in [0.25, 0.3) is 0 Å². The highest BCUT2D eigenvalue weighted by Gasteiger charge is 2.28. The van der Waals surface area contributed by atoms with Crippen molar-refractivity contribution in [3.63, 3.8) is 0 Å². The van der Waals surface area contributed by atoms with Crippen LogP contribution < -0.4 is 9.79 Å². The highest BCUT2D eigenvalue weighted by Crippen LogP contribution is 2.22. The van der Waals surface area contributed by atoms with Gasteiger partial charge in [-0.2, -0.15) is 23.4 Å². The molecule has 23 heavy (non-hydrogen) atoms. The number of sulfonamides is 1. The number of nitrogens with zero attached hydrogens (tertiary/aromatic N) is 4. The summed E-state index contributed by atoms with van der Waals surface area (Å²) in [7, 11) is -2.79. The summed E-state index contributed by atoms with van der Waals surface area (Å²) >= 11 is 5.82. The molecule has 0 aliphatic heterocycles. The van der Waals surface area contributed by atoms with Crippen LogP contribution in [0.4, 0.5) is 11.9 Å². The quantitative estimate of drug-likeness (QED) is 0.790. The summed E-state index contributed by atoms with van der Waals surface area (Å²) in [6.45, 7) is 4.24. The lowest BCUT2D eigenvalue weighted by Crippen LogP contribution is -2.32. The van der Waals surface area contributed by atoms with E-state index < -0.39 is 10.0 Å². The molecule has 0 saturated heterocycles. The zero-order valence-corrected chi connectivity index (χ0v) is 14.4. The van der Waals surface area contributed by atoms with Crippen molar-refractivity contribution in [2.75, 3.05) is 23.4 Å². The molecule has 0 aliphatic rings. The Hall–Kier alpha value is -1.97. The van der Waals surface area contributed by atoms with E-state index in [9.17, 15) is 8.42 Å². The zero-order valence-electron chi connectivity index (χ0n) is 12.8. The van der Waals surface area contributed by atoms with Crippen LogP contribution in [0.2, 0.25) is 5.28 Å². The fourth-order valence-corrected chi connectivity index (χ4v) is 3.07. The van der Waals surface area contributed by atoms with E-state index in [0.717, 1.165) is 5.56 Å². The van der Waals surface area contributed by atoms with Crippen LogP contribution in [0.15, 0.2) is 29.2 Å². The van der Waals surface area contributed by atoms with Crippen molar-refractivity contribution in [3.05, 3.63) is 35.1 Å². The van der Waals surface area contributed by atoms with Crippen molar-refractivity contribution in [1.29, 1.82) is 0 Å². The number of halogens is 1. The first-order valence-corrected chi connectivity index (χ1v) is 8.52. The molecule has 0 saturated carbocycles. The van der Waals surface area contributed by atoms with Crippen LogP contribution in [0, 0.1) is 6.92 Å². The minimum absolute atomic E-state index is 0.0477. The Labute approximate surface area is 139 Å². The molecule has 0 bridgehead atoms. The molecule has 0 aliphatic carbocycles. The Kier molecular flexibility index (Phi) is 5.34. The Morgan fingerprint density at radius 1 is 1.22 bits per heavy atom. The number of hydrogen-bond acceptors (Lipinski definition) is 7. The second-order valence-corrected chi connectivity index (χ2v) is 6.58. The van der Waals surface area contributed by atoms with E-state index >= 15 is 0 Å². The second kappa shape index (κ2) is 7.07. The van der Waals surface area contributed by atoms with E-state index in [1.807, 2.05) is 13.8 Å². The number of aryl methyl sites for hydroxylation is 1. The van der Waals surface area contributed by atoms with Gasteiger partial charge in [0.2, 0.25) is 11.2 Å². The Morgan fingerprint density at radius 2 is 1.87 bits per heavy atom. The molecule has 0 spiro atoms. The lowest BCUT2D eigenvalue weighted by Gasteiger charge is -2.19. The van der Waals surface area contributed by atoms with Crippen molar-refractivity contribution >= 4 is 33.5 Å². The van der Waals surface area contributed by atoms with Crippen molar-refractivity contribution in [1.82, 2.24) is 15.0 Å². The number of hydrogen-bond donors (Lipinski definition) is 1. The van der Waals surface area contributed by atoms with E-state index in [4.69, 9.17) is 16.4 Å². The zero-order chi connectivity index (χ0) is 17.0. The SMILES string of the molecule is CCNc1nc(Cl)nc(N(OC)S(=O)(=O)c2ccc(C)cc2)n1. The molecule has 0 amide bonds. The summed E-state index contributed by atoms with van der Waals surface area (Å²) in [5.41, 5.74) is 0.936. The summed E-state index contributed by atoms with van der Waals surface area (Å²) in [6, 6.07) is 6.33. The summed E-state index contributed by atoms with van der Waals surface area (Å²) in [4.78, 5) is 16.7. The van der Waals surface area contributed by atoms with Gasteiger partial charge in [0.1, 0.15) is 0 Å². The molecule has 0 radical (unpaired) electrons. The first kappa shape index (κ1) is 17.4. The lowest BCUT2D eigenvalue weighted by molar-refractivity contribution is 0.211. The van der Waals surface area contributed by atoms with Crippen LogP contribution in [0.5, 0.6) is 0 Å². The molecular formula is C13H16ClN5O3S. The average molecular weight is 358 g/mol. The molecule has 0 unspecified atom stereocenters. The normalized spacial score (nSPS) is 11.3. The summed E-state index contributed by atoms with van der Waals surface area (Å²) in [6.07, 6.45) is 0. The van der Waals surface area contributed by atoms with Gasteiger partial charge in [0.25, 0.3) is 16.0 Å². The third kappa shape index (κ3) is 3.87. The van der Waals surface area contributed by atoms with Gasteiger partial charge in [0.15, 0.2) is 0 Å². The topological polar surface area (TPSA) is 97.3 Å². The third-order valence-electron chi connectivity index (χ3n) is 2.80. The lowest BCUT2D eigenvalue weighted by atomic mass is 10.2. The highest BCUT2D eigenvalue weighted by molar-refractivity contribution is 7.92. The van der Waals surface area contributed by atoms with E-state index in [1.165, 1.54) is 19.2 Å². The second-order valence-electron chi connectivity index (χ2n) is 4.49. The minimum Gasteiger partial charge on any atom is -0.354 e. The molecule has 1 heterocycles. The molecule has 0 fully saturated rings. The predicted octanol–water partition coefficient (Wildman–Crippen LogP) is 2.02. The number of anilines is 2. The molecule has 10 heteroatoms. The van der Waals surface area contributed by atoms with Gasteiger partial charge in [0.05, 0.1) is 12.0 Å². The van der Waals surface area contributed by atoms with Gasteiger partial charge in [-0.1, -0.05) is 17.7 Å². The van der Waals surface area contributed by atoms with Crippen LogP contribution in [-0.4, -0.2) is 37.0 Å². The van der Waals surface area contributed by atoms with Crippen molar-refractivity contribution in [2.24, 2.45) is 0 Å². The Balaban J connectivity index is 2.48. The largest absolute Gasteiger partial charge is 0.354 e. The Bertz CT molecular complexity index is 783. The van der Waals surface area contributed by atoms with Gasteiger partial charge < -0.3 is 5.32 Å². The Morgan fingerprint density at radius 3 is 2.43 bits per heavy atom. The van der Waals surface area contributed by atoms with Gasteiger partial charge in [-0.15, -0.1) is 4.47 Å². The molecule has 124 valence electrons. The summed E-state index contributed by atoms with van der Waals surface area (Å²) in [5.74, 6) is -0.0762. The first-order valence-electron chi connectivity index (χ1n) is 6.70. The van der Waals surface area contributed by atoms with E-state index in [0.29, 0.717) is 11.0 Å². The molecule has 8 nitrogen and oxygen atoms in total. The number of nitrogens with one attached hydrogen (secondary N) is 1. The molecule has 1 aromatic carbocycles. The number of benzene rings is 1. The van der Waals surface area contributed by atoms with Crippen LogP contribution >= 0.6 is 11.6 Å². The maximum absolute atomic E-state index is 12.7.